The molecule has 0 nitrogen and oxygen atoms in total. The molecule has 2 unspecified atom stereocenters. The minimum absolute atomic E-state index is 0.185. The van der Waals surface area contributed by atoms with Crippen molar-refractivity contribution in [1.82, 2.24) is 0 Å². The summed E-state index contributed by atoms with van der Waals surface area (Å²) in [6, 6.07) is 0. The van der Waals surface area contributed by atoms with E-state index in [1.54, 1.807) is 0 Å². The third kappa shape index (κ3) is 9.72. The van der Waals surface area contributed by atoms with Gasteiger partial charge in [-0.1, -0.05) is 0 Å². The van der Waals surface area contributed by atoms with Crippen LogP contribution < -0.4 is 0 Å². The third-order valence-corrected chi connectivity index (χ3v) is 27.6. The first-order valence-electron chi connectivity index (χ1n) is 16.1. The fourth-order valence-corrected chi connectivity index (χ4v) is 20.2. The Bertz CT molecular complexity index is 670. The fourth-order valence-electron chi connectivity index (χ4n) is 8.15. The van der Waals surface area contributed by atoms with E-state index in [1.807, 2.05) is 12.2 Å². The Balaban J connectivity index is 1.30. The predicted molar refractivity (Wildman–Crippen MR) is 170 cm³/mol. The third-order valence-electron chi connectivity index (χ3n) is 10.3. The number of rotatable bonds is 12. The van der Waals surface area contributed by atoms with Gasteiger partial charge in [0, 0.05) is 0 Å². The molecule has 4 rings (SSSR count). The summed E-state index contributed by atoms with van der Waals surface area (Å²) in [5.74, 6) is 0.742. The van der Waals surface area contributed by atoms with Gasteiger partial charge in [-0.25, -0.2) is 0 Å². The van der Waals surface area contributed by atoms with Gasteiger partial charge in [0.1, 0.15) is 0 Å². The molecule has 4 fully saturated rings. The van der Waals surface area contributed by atoms with E-state index < -0.39 is 23.8 Å². The monoisotopic (exact) mass is 714 g/mol. The van der Waals surface area contributed by atoms with E-state index in [2.05, 4.69) is 12.2 Å². The molecule has 4 aliphatic carbocycles. The Morgan fingerprint density at radius 3 is 1.03 bits per heavy atom. The molecule has 0 aromatic rings. The van der Waals surface area contributed by atoms with Crippen molar-refractivity contribution in [2.75, 3.05) is 12.3 Å². The van der Waals surface area contributed by atoms with Gasteiger partial charge < -0.3 is 0 Å². The van der Waals surface area contributed by atoms with Gasteiger partial charge >= 0.3 is 254 Å². The first kappa shape index (κ1) is 33.3. The van der Waals surface area contributed by atoms with E-state index in [0.717, 1.165) is 63.7 Å². The van der Waals surface area contributed by atoms with Crippen molar-refractivity contribution in [3.05, 3.63) is 24.3 Å². The Labute approximate surface area is 252 Å². The number of hydrogen-bond donors (Lipinski definition) is 0. The van der Waals surface area contributed by atoms with Crippen molar-refractivity contribution in [1.29, 1.82) is 0 Å². The van der Waals surface area contributed by atoms with E-state index in [0.29, 0.717) is 13.5 Å². The molecular formula is C32H54Cl2F2P2Pd. The van der Waals surface area contributed by atoms with Gasteiger partial charge in [-0.3, -0.25) is 0 Å². The molecule has 2 atom stereocenters. The van der Waals surface area contributed by atoms with Crippen LogP contribution in [0.2, 0.25) is 0 Å². The zero-order valence-electron chi connectivity index (χ0n) is 24.0. The predicted octanol–water partition coefficient (Wildman–Crippen LogP) is 12.5. The van der Waals surface area contributed by atoms with Crippen molar-refractivity contribution in [3.63, 3.8) is 0 Å². The second-order valence-corrected chi connectivity index (χ2v) is 36.3. The van der Waals surface area contributed by atoms with Gasteiger partial charge in [-0.15, -0.1) is 0 Å². The zero-order valence-corrected chi connectivity index (χ0v) is 29.1. The molecule has 0 aromatic heterocycles. The van der Waals surface area contributed by atoms with Gasteiger partial charge in [0.2, 0.25) is 0 Å². The van der Waals surface area contributed by atoms with Crippen molar-refractivity contribution in [2.45, 2.75) is 140 Å². The summed E-state index contributed by atoms with van der Waals surface area (Å²) in [6.45, 7) is 0.964. The minimum atomic E-state index is -2.53. The Morgan fingerprint density at radius 1 is 0.513 bits per heavy atom. The number of hydrogen-bond acceptors (Lipinski definition) is 0. The Kier molecular flexibility index (Phi) is 14.1. The molecule has 0 bridgehead atoms. The van der Waals surface area contributed by atoms with Crippen molar-refractivity contribution in [2.24, 2.45) is 23.7 Å². The first-order valence-corrected chi connectivity index (χ1v) is 26.8. The van der Waals surface area contributed by atoms with Crippen molar-refractivity contribution < 1.29 is 21.3 Å². The van der Waals surface area contributed by atoms with Crippen LogP contribution in [0.15, 0.2) is 24.3 Å². The van der Waals surface area contributed by atoms with E-state index in [4.69, 9.17) is 19.1 Å². The van der Waals surface area contributed by atoms with Crippen LogP contribution in [0.4, 0.5) is 8.78 Å². The topological polar surface area (TPSA) is 0 Å². The van der Waals surface area contributed by atoms with Gasteiger partial charge in [0.05, 0.1) is 0 Å². The second-order valence-electron chi connectivity index (χ2n) is 12.8. The molecule has 0 N–H and O–H groups in total. The standard InChI is InChI=1S/2C16H27FP.2ClH.Pd/c2*17-16(12-7-13-18,14-8-3-1-4-9-14)15-10-5-2-6-11-15;;;/h2*7,12,14-15,18H,1-6,8-11,13H2;2*1H;/q2*-1;;;+4/p-2. The van der Waals surface area contributed by atoms with Crippen molar-refractivity contribution in [3.8, 4) is 0 Å². The van der Waals surface area contributed by atoms with E-state index in [-0.39, 0.29) is 23.7 Å². The molecule has 0 aromatic carbocycles. The summed E-state index contributed by atoms with van der Waals surface area (Å²) < 4.78 is 33.3. The molecule has 0 spiro atoms. The van der Waals surface area contributed by atoms with Gasteiger partial charge in [0.25, 0.3) is 0 Å². The van der Waals surface area contributed by atoms with Crippen LogP contribution in [0.3, 0.4) is 0 Å². The maximum atomic E-state index is 16.7. The van der Waals surface area contributed by atoms with Gasteiger partial charge in [-0.05, 0) is 0 Å². The number of allylic oxidation sites excluding steroid dienone is 4. The average Bonchev–Trinajstić information content (AvgIpc) is 2.99. The molecule has 0 amide bonds. The fraction of sp³-hybridized carbons (Fsp3) is 0.875. The molecule has 4 aliphatic rings. The van der Waals surface area contributed by atoms with Crippen LogP contribution in [-0.2, 0) is 12.5 Å². The molecule has 4 saturated carbocycles. The summed E-state index contributed by atoms with van der Waals surface area (Å²) in [7, 11) is 13.8. The van der Waals surface area contributed by atoms with Crippen molar-refractivity contribution >= 4 is 32.6 Å². The first-order chi connectivity index (χ1) is 18.8. The number of halogens is 4. The van der Waals surface area contributed by atoms with Crippen LogP contribution in [0.5, 0.6) is 0 Å². The quantitative estimate of drug-likeness (QED) is 0.107. The summed E-state index contributed by atoms with van der Waals surface area (Å²) >= 11 is -2.53. The van der Waals surface area contributed by atoms with Gasteiger partial charge in [0.15, 0.2) is 0 Å². The maximum absolute atomic E-state index is 16.7. The summed E-state index contributed by atoms with van der Waals surface area (Å²) in [6.07, 6.45) is 32.4. The summed E-state index contributed by atoms with van der Waals surface area (Å²) in [5, 5.41) is 0. The molecule has 0 saturated heterocycles. The molecule has 0 heterocycles. The van der Waals surface area contributed by atoms with Crippen LogP contribution in [0.25, 0.3) is 0 Å². The Morgan fingerprint density at radius 2 is 0.769 bits per heavy atom. The van der Waals surface area contributed by atoms with E-state index in [9.17, 15) is 0 Å². The van der Waals surface area contributed by atoms with Crippen LogP contribution in [0, 0.1) is 23.7 Å². The molecule has 39 heavy (non-hydrogen) atoms. The second kappa shape index (κ2) is 16.5. The normalized spacial score (nSPS) is 25.7. The summed E-state index contributed by atoms with van der Waals surface area (Å²) in [5.41, 5.74) is -2.30. The SMILES string of the molecule is FC(C=CC[PH][Pd]([Cl])([Cl])[PH]CC=CC(F)(C1CCCCC1)C1CCCCC1)(C1CCCCC1)C1CCCCC1. The summed E-state index contributed by atoms with van der Waals surface area (Å²) in [4.78, 5) is 0. The molecule has 7 heteroatoms. The van der Waals surface area contributed by atoms with Gasteiger partial charge in [-0.2, -0.15) is 0 Å². The number of alkyl halides is 2. The van der Waals surface area contributed by atoms with Crippen LogP contribution >= 0.6 is 32.6 Å². The Hall–Kier alpha value is 1.44. The molecule has 0 aliphatic heterocycles. The van der Waals surface area contributed by atoms with E-state index >= 15 is 8.78 Å². The molecule has 230 valence electrons. The zero-order chi connectivity index (χ0) is 27.6. The van der Waals surface area contributed by atoms with Crippen LogP contribution in [-0.4, -0.2) is 23.7 Å². The van der Waals surface area contributed by atoms with Crippen LogP contribution in [0.1, 0.15) is 128 Å². The molecule has 0 radical (unpaired) electrons. The molecular weight excluding hydrogens is 662 g/mol. The average molecular weight is 716 g/mol. The van der Waals surface area contributed by atoms with E-state index in [1.165, 1.54) is 77.0 Å².